The predicted molar refractivity (Wildman–Crippen MR) is 110 cm³/mol. The molecule has 3 rings (SSSR count). The van der Waals surface area contributed by atoms with Crippen LogP contribution in [0.2, 0.25) is 0 Å². The maximum absolute atomic E-state index is 13.0. The summed E-state index contributed by atoms with van der Waals surface area (Å²) in [5.74, 6) is 0.373. The van der Waals surface area contributed by atoms with Gasteiger partial charge in [-0.15, -0.1) is 0 Å². The van der Waals surface area contributed by atoms with Crippen molar-refractivity contribution in [2.45, 2.75) is 19.9 Å². The lowest BCUT2D eigenvalue weighted by molar-refractivity contribution is 0.0936. The first-order chi connectivity index (χ1) is 13.0. The van der Waals surface area contributed by atoms with Crippen LogP contribution in [-0.4, -0.2) is 47.5 Å². The van der Waals surface area contributed by atoms with Crippen LogP contribution >= 0.6 is 0 Å². The maximum Gasteiger partial charge on any atom is 0.252 e. The fourth-order valence-corrected chi connectivity index (χ4v) is 3.34. The molecule has 27 heavy (non-hydrogen) atoms. The topological polar surface area (TPSA) is 58.1 Å². The number of nitrogens with one attached hydrogen (secondary N) is 1. The van der Waals surface area contributed by atoms with E-state index in [2.05, 4.69) is 29.0 Å². The van der Waals surface area contributed by atoms with E-state index < -0.39 is 0 Å². The normalized spacial score (nSPS) is 12.5. The molecular weight excluding hydrogens is 336 g/mol. The first-order valence-corrected chi connectivity index (χ1v) is 9.22. The van der Waals surface area contributed by atoms with Crippen LogP contribution in [0.1, 0.15) is 24.2 Å². The van der Waals surface area contributed by atoms with Gasteiger partial charge in [-0.3, -0.25) is 9.78 Å². The molecule has 1 unspecified atom stereocenters. The Morgan fingerprint density at radius 2 is 1.81 bits per heavy atom. The molecule has 3 aromatic rings. The molecule has 1 atom stereocenters. The van der Waals surface area contributed by atoms with Crippen molar-refractivity contribution in [3.63, 3.8) is 0 Å². The van der Waals surface area contributed by atoms with Crippen molar-refractivity contribution < 1.29 is 4.79 Å². The second kappa shape index (κ2) is 8.27. The number of carbonyl (C=O) groups excluding carboxylic acids is 1. The van der Waals surface area contributed by atoms with Gasteiger partial charge in [0.1, 0.15) is 0 Å². The van der Waals surface area contributed by atoms with E-state index in [0.29, 0.717) is 18.0 Å². The van der Waals surface area contributed by atoms with E-state index in [1.54, 1.807) is 12.4 Å². The molecule has 0 radical (unpaired) electrons. The fourth-order valence-electron chi connectivity index (χ4n) is 3.34. The SMILES string of the molecule is CC(C)C(CNC(=O)c1cc(-c2ccncc2)nc2ccccc12)N(C)C. The number of para-hydroxylation sites is 1. The van der Waals surface area contributed by atoms with Gasteiger partial charge in [0.15, 0.2) is 0 Å². The van der Waals surface area contributed by atoms with Crippen LogP contribution in [0.4, 0.5) is 0 Å². The average molecular weight is 362 g/mol. The van der Waals surface area contributed by atoms with Gasteiger partial charge in [0.05, 0.1) is 16.8 Å². The van der Waals surface area contributed by atoms with Gasteiger partial charge >= 0.3 is 0 Å². The first-order valence-electron chi connectivity index (χ1n) is 9.22. The summed E-state index contributed by atoms with van der Waals surface area (Å²) in [6.07, 6.45) is 3.46. The number of benzene rings is 1. The molecule has 0 fully saturated rings. The monoisotopic (exact) mass is 362 g/mol. The zero-order valence-corrected chi connectivity index (χ0v) is 16.3. The van der Waals surface area contributed by atoms with Gasteiger partial charge in [-0.05, 0) is 44.3 Å². The van der Waals surface area contributed by atoms with Crippen molar-refractivity contribution in [3.8, 4) is 11.3 Å². The number of fused-ring (bicyclic) bond motifs is 1. The van der Waals surface area contributed by atoms with Crippen LogP contribution in [0.15, 0.2) is 54.9 Å². The van der Waals surface area contributed by atoms with Crippen LogP contribution < -0.4 is 5.32 Å². The molecule has 1 amide bonds. The van der Waals surface area contributed by atoms with Crippen LogP contribution in [-0.2, 0) is 0 Å². The van der Waals surface area contributed by atoms with Gasteiger partial charge in [-0.2, -0.15) is 0 Å². The molecule has 0 bridgehead atoms. The van der Waals surface area contributed by atoms with Crippen LogP contribution in [0, 0.1) is 5.92 Å². The molecule has 0 saturated carbocycles. The smallest absolute Gasteiger partial charge is 0.252 e. The van der Waals surface area contributed by atoms with Crippen molar-refractivity contribution in [2.75, 3.05) is 20.6 Å². The molecule has 2 aromatic heterocycles. The van der Waals surface area contributed by atoms with Crippen LogP contribution in [0.3, 0.4) is 0 Å². The van der Waals surface area contributed by atoms with Crippen molar-refractivity contribution in [3.05, 3.63) is 60.4 Å². The van der Waals surface area contributed by atoms with Gasteiger partial charge in [0.2, 0.25) is 0 Å². The highest BCUT2D eigenvalue weighted by Gasteiger charge is 2.19. The molecule has 0 spiro atoms. The number of hydrogen-bond donors (Lipinski definition) is 1. The van der Waals surface area contributed by atoms with Crippen LogP contribution in [0.5, 0.6) is 0 Å². The molecule has 1 aromatic carbocycles. The lowest BCUT2D eigenvalue weighted by atomic mass is 10.0. The minimum atomic E-state index is -0.0728. The van der Waals surface area contributed by atoms with E-state index >= 15 is 0 Å². The van der Waals surface area contributed by atoms with Gasteiger partial charge < -0.3 is 10.2 Å². The third kappa shape index (κ3) is 4.31. The highest BCUT2D eigenvalue weighted by molar-refractivity contribution is 6.07. The summed E-state index contributed by atoms with van der Waals surface area (Å²) in [5, 5.41) is 3.97. The van der Waals surface area contributed by atoms with Gasteiger partial charge in [-0.25, -0.2) is 4.98 Å². The quantitative estimate of drug-likeness (QED) is 0.728. The van der Waals surface area contributed by atoms with Crippen molar-refractivity contribution >= 4 is 16.8 Å². The molecule has 0 aliphatic carbocycles. The highest BCUT2D eigenvalue weighted by Crippen LogP contribution is 2.24. The second-order valence-corrected chi connectivity index (χ2v) is 7.29. The Kier molecular flexibility index (Phi) is 5.81. The molecule has 140 valence electrons. The molecule has 5 nitrogen and oxygen atoms in total. The Morgan fingerprint density at radius 3 is 2.48 bits per heavy atom. The van der Waals surface area contributed by atoms with Crippen molar-refractivity contribution in [1.29, 1.82) is 0 Å². The Morgan fingerprint density at radius 1 is 1.11 bits per heavy atom. The molecule has 0 aliphatic rings. The number of pyridine rings is 2. The van der Waals surface area contributed by atoms with E-state index in [0.717, 1.165) is 22.2 Å². The summed E-state index contributed by atoms with van der Waals surface area (Å²) in [5.41, 5.74) is 3.17. The van der Waals surface area contributed by atoms with E-state index in [1.165, 1.54) is 0 Å². The van der Waals surface area contributed by atoms with E-state index in [1.807, 2.05) is 56.6 Å². The minimum Gasteiger partial charge on any atom is -0.350 e. The summed E-state index contributed by atoms with van der Waals surface area (Å²) in [6, 6.07) is 13.7. The molecule has 2 heterocycles. The van der Waals surface area contributed by atoms with Gasteiger partial charge in [0, 0.05) is 35.9 Å². The molecule has 0 saturated heterocycles. The number of nitrogens with zero attached hydrogens (tertiary/aromatic N) is 3. The predicted octanol–water partition coefficient (Wildman–Crippen LogP) is 3.61. The Balaban J connectivity index is 1.96. The molecule has 5 heteroatoms. The summed E-state index contributed by atoms with van der Waals surface area (Å²) in [7, 11) is 4.08. The Labute approximate surface area is 160 Å². The van der Waals surface area contributed by atoms with Crippen LogP contribution in [0.25, 0.3) is 22.2 Å². The molecule has 0 aliphatic heterocycles. The fraction of sp³-hybridized carbons (Fsp3) is 0.318. The Bertz CT molecular complexity index is 914. The van der Waals surface area contributed by atoms with E-state index in [9.17, 15) is 4.79 Å². The standard InChI is InChI=1S/C22H26N4O/c1-15(2)21(26(3)4)14-24-22(27)18-13-20(16-9-11-23-12-10-16)25-19-8-6-5-7-17(18)19/h5-13,15,21H,14H2,1-4H3,(H,24,27). The Hall–Kier alpha value is -2.79. The number of carbonyl (C=O) groups is 1. The van der Waals surface area contributed by atoms with Gasteiger partial charge in [0.25, 0.3) is 5.91 Å². The lowest BCUT2D eigenvalue weighted by Crippen LogP contribution is -2.43. The lowest BCUT2D eigenvalue weighted by Gasteiger charge is -2.28. The highest BCUT2D eigenvalue weighted by atomic mass is 16.1. The van der Waals surface area contributed by atoms with Crippen molar-refractivity contribution in [1.82, 2.24) is 20.2 Å². The summed E-state index contributed by atoms with van der Waals surface area (Å²) >= 11 is 0. The molecular formula is C22H26N4O. The first kappa shape index (κ1) is 19.0. The van der Waals surface area contributed by atoms with E-state index in [-0.39, 0.29) is 11.9 Å². The number of amides is 1. The third-order valence-electron chi connectivity index (χ3n) is 4.84. The summed E-state index contributed by atoms with van der Waals surface area (Å²) in [4.78, 5) is 24.0. The zero-order chi connectivity index (χ0) is 19.4. The average Bonchev–Trinajstić information content (AvgIpc) is 2.67. The second-order valence-electron chi connectivity index (χ2n) is 7.29. The minimum absolute atomic E-state index is 0.0728. The summed E-state index contributed by atoms with van der Waals surface area (Å²) < 4.78 is 0. The van der Waals surface area contributed by atoms with Crippen molar-refractivity contribution in [2.24, 2.45) is 5.92 Å². The summed E-state index contributed by atoms with van der Waals surface area (Å²) in [6.45, 7) is 4.94. The molecule has 1 N–H and O–H groups in total. The van der Waals surface area contributed by atoms with E-state index in [4.69, 9.17) is 4.98 Å². The number of hydrogen-bond acceptors (Lipinski definition) is 4. The largest absolute Gasteiger partial charge is 0.350 e. The zero-order valence-electron chi connectivity index (χ0n) is 16.3. The third-order valence-corrected chi connectivity index (χ3v) is 4.84. The number of likely N-dealkylation sites (N-methyl/N-ethyl adjacent to an activating group) is 1. The maximum atomic E-state index is 13.0. The van der Waals surface area contributed by atoms with Gasteiger partial charge in [-0.1, -0.05) is 32.0 Å². The number of aromatic nitrogens is 2. The number of rotatable bonds is 6.